The van der Waals surface area contributed by atoms with Crippen LogP contribution in [0.1, 0.15) is 18.2 Å². The average molecular weight is 366 g/mol. The molecule has 3 heterocycles. The topological polar surface area (TPSA) is 90.6 Å². The smallest absolute Gasteiger partial charge is 0.232 e. The molecule has 1 aliphatic heterocycles. The Morgan fingerprint density at radius 2 is 1.96 bits per heavy atom. The highest BCUT2D eigenvalue weighted by atomic mass is 16.5. The minimum Gasteiger partial charge on any atom is -0.497 e. The molecule has 1 amide bonds. The summed E-state index contributed by atoms with van der Waals surface area (Å²) in [7, 11) is 3.15. The molecule has 1 aromatic carbocycles. The Morgan fingerprint density at radius 3 is 2.70 bits per heavy atom. The summed E-state index contributed by atoms with van der Waals surface area (Å²) in [5.74, 6) is 1.98. The second-order valence-corrected chi connectivity index (χ2v) is 6.14. The van der Waals surface area contributed by atoms with Crippen LogP contribution in [0.15, 0.2) is 47.2 Å². The summed E-state index contributed by atoms with van der Waals surface area (Å²) in [6.07, 6.45) is 3.64. The number of anilines is 1. The van der Waals surface area contributed by atoms with E-state index in [9.17, 15) is 4.79 Å². The van der Waals surface area contributed by atoms with Crippen LogP contribution in [0.4, 0.5) is 5.69 Å². The van der Waals surface area contributed by atoms with Crippen LogP contribution >= 0.6 is 0 Å². The number of aromatic nitrogens is 3. The number of hydrogen-bond acceptors (Lipinski definition) is 7. The van der Waals surface area contributed by atoms with E-state index in [1.165, 1.54) is 0 Å². The molecule has 3 aromatic rings. The third kappa shape index (κ3) is 3.21. The molecule has 8 heteroatoms. The van der Waals surface area contributed by atoms with Crippen molar-refractivity contribution in [2.24, 2.45) is 0 Å². The van der Waals surface area contributed by atoms with E-state index in [1.54, 1.807) is 43.6 Å². The van der Waals surface area contributed by atoms with Gasteiger partial charge in [-0.15, -0.1) is 0 Å². The number of carbonyl (C=O) groups excluding carboxylic acids is 1. The number of nitrogens with zero attached hydrogens (tertiary/aromatic N) is 4. The second kappa shape index (κ2) is 7.06. The summed E-state index contributed by atoms with van der Waals surface area (Å²) < 4.78 is 16.1. The molecule has 1 atom stereocenters. The van der Waals surface area contributed by atoms with Gasteiger partial charge in [0.05, 0.1) is 25.8 Å². The molecule has 0 N–H and O–H groups in total. The SMILES string of the molecule is COc1ccc(N2C[C@@H](c3nc(-c4ccncc4)no3)CC2=O)c(OC)c1. The molecule has 138 valence electrons. The zero-order chi connectivity index (χ0) is 18.8. The van der Waals surface area contributed by atoms with Crippen LogP contribution in [0.2, 0.25) is 0 Å². The highest BCUT2D eigenvalue weighted by Crippen LogP contribution is 2.38. The van der Waals surface area contributed by atoms with Gasteiger partial charge >= 0.3 is 0 Å². The van der Waals surface area contributed by atoms with Gasteiger partial charge in [-0.2, -0.15) is 4.98 Å². The number of benzene rings is 1. The quantitative estimate of drug-likeness (QED) is 0.685. The maximum atomic E-state index is 12.6. The number of methoxy groups -OCH3 is 2. The Morgan fingerprint density at radius 1 is 1.15 bits per heavy atom. The lowest BCUT2D eigenvalue weighted by Gasteiger charge is -2.19. The minimum absolute atomic E-state index is 0.0212. The van der Waals surface area contributed by atoms with Gasteiger partial charge in [0, 0.05) is 37.0 Å². The van der Waals surface area contributed by atoms with E-state index in [-0.39, 0.29) is 11.8 Å². The molecule has 27 heavy (non-hydrogen) atoms. The second-order valence-electron chi connectivity index (χ2n) is 6.14. The van der Waals surface area contributed by atoms with Gasteiger partial charge in [-0.3, -0.25) is 9.78 Å². The average Bonchev–Trinajstić information content (AvgIpc) is 3.35. The van der Waals surface area contributed by atoms with Gasteiger partial charge in [0.1, 0.15) is 11.5 Å². The minimum atomic E-state index is -0.174. The molecule has 4 rings (SSSR count). The Kier molecular flexibility index (Phi) is 4.45. The van der Waals surface area contributed by atoms with Crippen LogP contribution in [0.3, 0.4) is 0 Å². The summed E-state index contributed by atoms with van der Waals surface area (Å²) in [5, 5.41) is 4.03. The lowest BCUT2D eigenvalue weighted by Crippen LogP contribution is -2.24. The normalized spacial score (nSPS) is 16.6. The fourth-order valence-corrected chi connectivity index (χ4v) is 3.13. The van der Waals surface area contributed by atoms with Crippen molar-refractivity contribution in [3.63, 3.8) is 0 Å². The van der Waals surface area contributed by atoms with Crippen LogP contribution in [-0.4, -0.2) is 41.8 Å². The molecule has 0 radical (unpaired) electrons. The molecule has 0 aliphatic carbocycles. The maximum Gasteiger partial charge on any atom is 0.232 e. The van der Waals surface area contributed by atoms with Crippen molar-refractivity contribution in [3.05, 3.63) is 48.6 Å². The molecule has 0 bridgehead atoms. The summed E-state index contributed by atoms with van der Waals surface area (Å²) in [6, 6.07) is 8.98. The molecular formula is C19H18N4O4. The van der Waals surface area contributed by atoms with Crippen molar-refractivity contribution in [2.45, 2.75) is 12.3 Å². The van der Waals surface area contributed by atoms with E-state index in [1.807, 2.05) is 18.2 Å². The first-order chi connectivity index (χ1) is 13.2. The first-order valence-electron chi connectivity index (χ1n) is 8.46. The third-order valence-electron chi connectivity index (χ3n) is 4.53. The van der Waals surface area contributed by atoms with Crippen molar-refractivity contribution in [2.75, 3.05) is 25.7 Å². The first-order valence-corrected chi connectivity index (χ1v) is 8.46. The highest BCUT2D eigenvalue weighted by Gasteiger charge is 2.36. The Balaban J connectivity index is 1.57. The predicted molar refractivity (Wildman–Crippen MR) is 96.8 cm³/mol. The Bertz CT molecular complexity index is 957. The fourth-order valence-electron chi connectivity index (χ4n) is 3.13. The van der Waals surface area contributed by atoms with E-state index in [4.69, 9.17) is 14.0 Å². The van der Waals surface area contributed by atoms with Gasteiger partial charge < -0.3 is 18.9 Å². The van der Waals surface area contributed by atoms with Crippen LogP contribution in [-0.2, 0) is 4.79 Å². The van der Waals surface area contributed by atoms with E-state index >= 15 is 0 Å². The number of rotatable bonds is 5. The van der Waals surface area contributed by atoms with Crippen LogP contribution in [0.25, 0.3) is 11.4 Å². The molecule has 8 nitrogen and oxygen atoms in total. The largest absolute Gasteiger partial charge is 0.497 e. The van der Waals surface area contributed by atoms with Gasteiger partial charge in [-0.1, -0.05) is 5.16 Å². The van der Waals surface area contributed by atoms with Gasteiger partial charge in [-0.25, -0.2) is 0 Å². The van der Waals surface area contributed by atoms with Gasteiger partial charge in [0.2, 0.25) is 17.6 Å². The maximum absolute atomic E-state index is 12.6. The van der Waals surface area contributed by atoms with Crippen molar-refractivity contribution in [1.29, 1.82) is 0 Å². The van der Waals surface area contributed by atoms with Crippen LogP contribution in [0, 0.1) is 0 Å². The van der Waals surface area contributed by atoms with E-state index in [2.05, 4.69) is 15.1 Å². The number of carbonyl (C=O) groups is 1. The standard InChI is InChI=1S/C19H18N4O4/c1-25-14-3-4-15(16(10-14)26-2)23-11-13(9-17(23)24)19-21-18(22-27-19)12-5-7-20-8-6-12/h3-8,10,13H,9,11H2,1-2H3/t13-/m0/s1. The lowest BCUT2D eigenvalue weighted by atomic mass is 10.1. The fraction of sp³-hybridized carbons (Fsp3) is 0.263. The van der Waals surface area contributed by atoms with Crippen LogP contribution in [0.5, 0.6) is 11.5 Å². The number of pyridine rings is 1. The predicted octanol–water partition coefficient (Wildman–Crippen LogP) is 2.67. The zero-order valence-electron chi connectivity index (χ0n) is 15.0. The summed E-state index contributed by atoms with van der Waals surface area (Å²) in [6.45, 7) is 0.444. The van der Waals surface area contributed by atoms with Crippen molar-refractivity contribution >= 4 is 11.6 Å². The molecular weight excluding hydrogens is 348 g/mol. The van der Waals surface area contributed by atoms with Crippen molar-refractivity contribution < 1.29 is 18.8 Å². The molecule has 1 fully saturated rings. The molecule has 0 saturated carbocycles. The third-order valence-corrected chi connectivity index (χ3v) is 4.53. The van der Waals surface area contributed by atoms with Gasteiger partial charge in [0.15, 0.2) is 0 Å². The van der Waals surface area contributed by atoms with E-state index in [0.717, 1.165) is 5.56 Å². The number of ether oxygens (including phenoxy) is 2. The zero-order valence-corrected chi connectivity index (χ0v) is 15.0. The molecule has 1 saturated heterocycles. The highest BCUT2D eigenvalue weighted by molar-refractivity contribution is 5.97. The first kappa shape index (κ1) is 17.0. The molecule has 0 unspecified atom stereocenters. The van der Waals surface area contributed by atoms with E-state index in [0.29, 0.717) is 41.9 Å². The molecule has 2 aromatic heterocycles. The van der Waals surface area contributed by atoms with Crippen LogP contribution < -0.4 is 14.4 Å². The Labute approximate surface area is 155 Å². The summed E-state index contributed by atoms with van der Waals surface area (Å²) >= 11 is 0. The lowest BCUT2D eigenvalue weighted by molar-refractivity contribution is -0.117. The number of amides is 1. The van der Waals surface area contributed by atoms with Gasteiger partial charge in [0.25, 0.3) is 0 Å². The summed E-state index contributed by atoms with van der Waals surface area (Å²) in [5.41, 5.74) is 1.51. The Hall–Kier alpha value is -3.42. The van der Waals surface area contributed by atoms with Crippen molar-refractivity contribution in [3.8, 4) is 22.9 Å². The molecule has 1 aliphatic rings. The van der Waals surface area contributed by atoms with Crippen molar-refractivity contribution in [1.82, 2.24) is 15.1 Å². The van der Waals surface area contributed by atoms with Gasteiger partial charge in [-0.05, 0) is 24.3 Å². The molecule has 0 spiro atoms. The summed E-state index contributed by atoms with van der Waals surface area (Å²) in [4.78, 5) is 22.7. The van der Waals surface area contributed by atoms with E-state index < -0.39 is 0 Å². The number of hydrogen-bond donors (Lipinski definition) is 0. The monoisotopic (exact) mass is 366 g/mol.